The fourth-order valence-corrected chi connectivity index (χ4v) is 2.20. The van der Waals surface area contributed by atoms with Gasteiger partial charge in [-0.05, 0) is 49.2 Å². The number of ether oxygens (including phenoxy) is 1. The van der Waals surface area contributed by atoms with Crippen molar-refractivity contribution in [1.82, 2.24) is 0 Å². The quantitative estimate of drug-likeness (QED) is 0.917. The monoisotopic (exact) mass is 326 g/mol. The molecule has 0 aliphatic heterocycles. The molecule has 0 aliphatic rings. The van der Waals surface area contributed by atoms with Crippen molar-refractivity contribution in [3.8, 4) is 5.75 Å². The molecule has 0 saturated heterocycles. The number of hydrogen-bond acceptors (Lipinski definition) is 3. The summed E-state index contributed by atoms with van der Waals surface area (Å²) in [4.78, 5) is 25.0. The molecule has 0 unspecified atom stereocenters. The van der Waals surface area contributed by atoms with E-state index < -0.39 is 0 Å². The van der Waals surface area contributed by atoms with Gasteiger partial charge in [0.2, 0.25) is 5.91 Å². The molecular formula is C19H22N2O3. The Hall–Kier alpha value is -2.82. The Balaban J connectivity index is 1.99. The van der Waals surface area contributed by atoms with Crippen LogP contribution in [0.25, 0.3) is 0 Å². The van der Waals surface area contributed by atoms with Crippen LogP contribution in [-0.2, 0) is 9.59 Å². The van der Waals surface area contributed by atoms with Gasteiger partial charge in [-0.3, -0.25) is 9.59 Å². The molecule has 0 aliphatic carbocycles. The van der Waals surface area contributed by atoms with Crippen molar-refractivity contribution >= 4 is 23.2 Å². The smallest absolute Gasteiger partial charge is 0.262 e. The van der Waals surface area contributed by atoms with Gasteiger partial charge >= 0.3 is 0 Å². The van der Waals surface area contributed by atoms with Gasteiger partial charge in [0, 0.05) is 25.3 Å². The molecule has 0 saturated carbocycles. The third kappa shape index (κ3) is 4.35. The van der Waals surface area contributed by atoms with Crippen LogP contribution in [0.2, 0.25) is 0 Å². The highest BCUT2D eigenvalue weighted by molar-refractivity contribution is 5.94. The zero-order valence-electron chi connectivity index (χ0n) is 14.4. The van der Waals surface area contributed by atoms with Gasteiger partial charge in [0.25, 0.3) is 5.91 Å². The maximum Gasteiger partial charge on any atom is 0.262 e. The van der Waals surface area contributed by atoms with Gasteiger partial charge in [-0.2, -0.15) is 0 Å². The predicted molar refractivity (Wildman–Crippen MR) is 95.6 cm³/mol. The normalized spacial score (nSPS) is 10.2. The number of nitrogens with zero attached hydrogens (tertiary/aromatic N) is 1. The Morgan fingerprint density at radius 3 is 2.54 bits per heavy atom. The maximum absolute atomic E-state index is 12.1. The van der Waals surface area contributed by atoms with Crippen molar-refractivity contribution in [2.45, 2.75) is 20.8 Å². The molecule has 0 fully saturated rings. The van der Waals surface area contributed by atoms with Gasteiger partial charge in [0.05, 0.1) is 0 Å². The van der Waals surface area contributed by atoms with Crippen molar-refractivity contribution in [3.05, 3.63) is 53.6 Å². The second-order valence-corrected chi connectivity index (χ2v) is 5.66. The minimum absolute atomic E-state index is 0.0724. The van der Waals surface area contributed by atoms with Crippen molar-refractivity contribution in [1.29, 1.82) is 0 Å². The third-order valence-electron chi connectivity index (χ3n) is 3.90. The van der Waals surface area contributed by atoms with Gasteiger partial charge in [-0.15, -0.1) is 0 Å². The van der Waals surface area contributed by atoms with Crippen molar-refractivity contribution in [2.24, 2.45) is 0 Å². The number of benzene rings is 2. The van der Waals surface area contributed by atoms with E-state index in [1.165, 1.54) is 11.8 Å². The molecule has 0 heterocycles. The molecule has 0 bridgehead atoms. The minimum Gasteiger partial charge on any atom is -0.483 e. The molecule has 2 amide bonds. The average Bonchev–Trinajstić information content (AvgIpc) is 2.55. The number of nitrogens with one attached hydrogen (secondary N) is 1. The first-order chi connectivity index (χ1) is 11.4. The molecule has 0 atom stereocenters. The first kappa shape index (κ1) is 17.5. The lowest BCUT2D eigenvalue weighted by Gasteiger charge is -2.16. The zero-order chi connectivity index (χ0) is 17.7. The topological polar surface area (TPSA) is 58.6 Å². The molecular weight excluding hydrogens is 304 g/mol. The highest BCUT2D eigenvalue weighted by Gasteiger charge is 2.09. The summed E-state index contributed by atoms with van der Waals surface area (Å²) >= 11 is 0. The summed E-state index contributed by atoms with van der Waals surface area (Å²) < 4.78 is 5.59. The van der Waals surface area contributed by atoms with E-state index >= 15 is 0 Å². The SMILES string of the molecule is CC(=O)N(C)c1cccc(NC(=O)COc2cccc(C)c2C)c1. The molecule has 5 nitrogen and oxygen atoms in total. The Labute approximate surface area is 142 Å². The molecule has 126 valence electrons. The Morgan fingerprint density at radius 1 is 1.12 bits per heavy atom. The zero-order valence-corrected chi connectivity index (χ0v) is 14.4. The van der Waals surface area contributed by atoms with E-state index in [2.05, 4.69) is 5.32 Å². The van der Waals surface area contributed by atoms with Crippen LogP contribution in [0.15, 0.2) is 42.5 Å². The fraction of sp³-hybridized carbons (Fsp3) is 0.263. The van der Waals surface area contributed by atoms with E-state index in [-0.39, 0.29) is 18.4 Å². The average molecular weight is 326 g/mol. The summed E-state index contributed by atoms with van der Waals surface area (Å²) in [5.41, 5.74) is 3.48. The largest absolute Gasteiger partial charge is 0.483 e. The first-order valence-corrected chi connectivity index (χ1v) is 7.71. The Morgan fingerprint density at radius 2 is 1.83 bits per heavy atom. The minimum atomic E-state index is -0.251. The summed E-state index contributed by atoms with van der Waals surface area (Å²) in [5, 5.41) is 2.78. The number of carbonyl (C=O) groups is 2. The molecule has 2 aromatic carbocycles. The number of anilines is 2. The van der Waals surface area contributed by atoms with Crippen LogP contribution in [0.1, 0.15) is 18.1 Å². The van der Waals surface area contributed by atoms with Gasteiger partial charge in [0.15, 0.2) is 6.61 Å². The molecule has 0 aromatic heterocycles. The molecule has 0 radical (unpaired) electrons. The second-order valence-electron chi connectivity index (χ2n) is 5.66. The second kappa shape index (κ2) is 7.64. The lowest BCUT2D eigenvalue weighted by atomic mass is 10.1. The van der Waals surface area contributed by atoms with Crippen LogP contribution >= 0.6 is 0 Å². The summed E-state index contributed by atoms with van der Waals surface area (Å²) in [5.74, 6) is 0.380. The van der Waals surface area contributed by atoms with Crippen molar-refractivity contribution in [3.63, 3.8) is 0 Å². The third-order valence-corrected chi connectivity index (χ3v) is 3.90. The van der Waals surface area contributed by atoms with Crippen LogP contribution in [-0.4, -0.2) is 25.5 Å². The first-order valence-electron chi connectivity index (χ1n) is 7.71. The highest BCUT2D eigenvalue weighted by atomic mass is 16.5. The van der Waals surface area contributed by atoms with Crippen LogP contribution in [0, 0.1) is 13.8 Å². The van der Waals surface area contributed by atoms with Gasteiger partial charge in [-0.1, -0.05) is 18.2 Å². The van der Waals surface area contributed by atoms with Gasteiger partial charge < -0.3 is 15.0 Å². The van der Waals surface area contributed by atoms with E-state index in [1.807, 2.05) is 38.1 Å². The molecule has 24 heavy (non-hydrogen) atoms. The fourth-order valence-electron chi connectivity index (χ4n) is 2.20. The Kier molecular flexibility index (Phi) is 5.58. The molecule has 1 N–H and O–H groups in total. The standard InChI is InChI=1S/C19H22N2O3/c1-13-7-5-10-18(14(13)2)24-12-19(23)20-16-8-6-9-17(11-16)21(4)15(3)22/h5-11H,12H2,1-4H3,(H,20,23). The summed E-state index contributed by atoms with van der Waals surface area (Å²) in [6.07, 6.45) is 0. The number of carbonyl (C=O) groups excluding carboxylic acids is 2. The van der Waals surface area contributed by atoms with Crippen LogP contribution in [0.5, 0.6) is 5.75 Å². The molecule has 0 spiro atoms. The number of rotatable bonds is 5. The van der Waals surface area contributed by atoms with Crippen LogP contribution < -0.4 is 15.0 Å². The number of amides is 2. The lowest BCUT2D eigenvalue weighted by Crippen LogP contribution is -2.23. The lowest BCUT2D eigenvalue weighted by molar-refractivity contribution is -0.118. The van der Waals surface area contributed by atoms with Crippen LogP contribution in [0.4, 0.5) is 11.4 Å². The van der Waals surface area contributed by atoms with Crippen molar-refractivity contribution < 1.29 is 14.3 Å². The molecule has 2 rings (SSSR count). The number of hydrogen-bond donors (Lipinski definition) is 1. The maximum atomic E-state index is 12.1. The Bertz CT molecular complexity index is 756. The summed E-state index contributed by atoms with van der Waals surface area (Å²) in [6, 6.07) is 12.9. The van der Waals surface area contributed by atoms with E-state index in [9.17, 15) is 9.59 Å². The van der Waals surface area contributed by atoms with Gasteiger partial charge in [0.1, 0.15) is 5.75 Å². The highest BCUT2D eigenvalue weighted by Crippen LogP contribution is 2.21. The van der Waals surface area contributed by atoms with E-state index in [4.69, 9.17) is 4.74 Å². The predicted octanol–water partition coefficient (Wildman–Crippen LogP) is 3.30. The summed E-state index contributed by atoms with van der Waals surface area (Å²) in [7, 11) is 1.69. The van der Waals surface area contributed by atoms with Gasteiger partial charge in [-0.25, -0.2) is 0 Å². The van der Waals surface area contributed by atoms with E-state index in [1.54, 1.807) is 25.2 Å². The van der Waals surface area contributed by atoms with Crippen molar-refractivity contribution in [2.75, 3.05) is 23.9 Å². The summed E-state index contributed by atoms with van der Waals surface area (Å²) in [6.45, 7) is 5.38. The molecule has 5 heteroatoms. The van der Waals surface area contributed by atoms with Crippen LogP contribution in [0.3, 0.4) is 0 Å². The number of aryl methyl sites for hydroxylation is 1. The molecule has 2 aromatic rings. The van der Waals surface area contributed by atoms with E-state index in [0.717, 1.165) is 16.8 Å². The van der Waals surface area contributed by atoms with E-state index in [0.29, 0.717) is 11.4 Å².